The lowest BCUT2D eigenvalue weighted by Crippen LogP contribution is -2.40. The van der Waals surface area contributed by atoms with Crippen LogP contribution >= 0.6 is 0 Å². The van der Waals surface area contributed by atoms with E-state index in [1.807, 2.05) is 47.0 Å². The van der Waals surface area contributed by atoms with Crippen molar-refractivity contribution < 1.29 is 14.3 Å². The van der Waals surface area contributed by atoms with Gasteiger partial charge in [0.15, 0.2) is 23.0 Å². The fraction of sp³-hybridized carbons (Fsp3) is 0.409. The van der Waals surface area contributed by atoms with Crippen molar-refractivity contribution in [2.45, 2.75) is 32.7 Å². The monoisotopic (exact) mass is 411 g/mol. The molecule has 30 heavy (non-hydrogen) atoms. The van der Waals surface area contributed by atoms with Gasteiger partial charge in [-0.25, -0.2) is 4.79 Å². The molecule has 0 spiro atoms. The summed E-state index contributed by atoms with van der Waals surface area (Å²) in [5.41, 5.74) is 1.81. The Hall–Kier alpha value is -3.29. The van der Waals surface area contributed by atoms with E-state index in [0.29, 0.717) is 30.4 Å². The highest BCUT2D eigenvalue weighted by Gasteiger charge is 2.21. The molecule has 2 heterocycles. The first kappa shape index (κ1) is 21.4. The summed E-state index contributed by atoms with van der Waals surface area (Å²) in [4.78, 5) is 12.6. The predicted molar refractivity (Wildman–Crippen MR) is 115 cm³/mol. The average Bonchev–Trinajstić information content (AvgIpc) is 3.17. The summed E-state index contributed by atoms with van der Waals surface area (Å²) < 4.78 is 12.5. The third-order valence-corrected chi connectivity index (χ3v) is 4.81. The van der Waals surface area contributed by atoms with Gasteiger partial charge >= 0.3 is 6.03 Å². The molecule has 0 saturated heterocycles. The Morgan fingerprint density at radius 2 is 1.90 bits per heavy atom. The highest BCUT2D eigenvalue weighted by atomic mass is 16.5. The predicted octanol–water partition coefficient (Wildman–Crippen LogP) is 3.38. The molecule has 3 rings (SSSR count). The van der Waals surface area contributed by atoms with Crippen LogP contribution in [0.5, 0.6) is 11.5 Å². The van der Waals surface area contributed by atoms with Gasteiger partial charge in [0, 0.05) is 12.7 Å². The van der Waals surface area contributed by atoms with Gasteiger partial charge in [0.2, 0.25) is 0 Å². The average molecular weight is 412 g/mol. The number of rotatable bonds is 9. The third kappa shape index (κ3) is 5.20. The van der Waals surface area contributed by atoms with Gasteiger partial charge in [-0.15, -0.1) is 10.2 Å². The summed E-state index contributed by atoms with van der Waals surface area (Å²) in [6, 6.07) is 11.0. The molecule has 0 aliphatic heterocycles. The number of carbonyl (C=O) groups excluding carboxylic acids is 1. The molecule has 1 atom stereocenters. The van der Waals surface area contributed by atoms with Crippen molar-refractivity contribution in [2.24, 2.45) is 5.92 Å². The van der Waals surface area contributed by atoms with Crippen molar-refractivity contribution in [3.63, 3.8) is 0 Å². The Labute approximate surface area is 176 Å². The number of pyridine rings is 1. The Morgan fingerprint density at radius 3 is 2.63 bits per heavy atom. The fourth-order valence-electron chi connectivity index (χ4n) is 3.36. The Balaban J connectivity index is 1.61. The number of hydrogen-bond donors (Lipinski definition) is 2. The first-order valence-electron chi connectivity index (χ1n) is 10.1. The highest BCUT2D eigenvalue weighted by Crippen LogP contribution is 2.27. The number of hydrogen-bond acceptors (Lipinski definition) is 5. The van der Waals surface area contributed by atoms with Crippen LogP contribution in [0.3, 0.4) is 0 Å². The molecule has 8 heteroatoms. The first-order valence-corrected chi connectivity index (χ1v) is 10.1. The normalized spacial score (nSPS) is 12.0. The molecule has 160 valence electrons. The lowest BCUT2D eigenvalue weighted by molar-refractivity contribution is 0.234. The maximum absolute atomic E-state index is 12.6. The van der Waals surface area contributed by atoms with Crippen LogP contribution in [0.4, 0.5) is 4.79 Å². The van der Waals surface area contributed by atoms with Gasteiger partial charge in [0.1, 0.15) is 0 Å². The molecule has 2 N–H and O–H groups in total. The summed E-state index contributed by atoms with van der Waals surface area (Å²) in [7, 11) is 3.21. The van der Waals surface area contributed by atoms with E-state index in [1.165, 1.54) is 0 Å². The topological polar surface area (TPSA) is 89.8 Å². The number of ether oxygens (including phenoxy) is 2. The van der Waals surface area contributed by atoms with E-state index in [1.54, 1.807) is 14.2 Å². The summed E-state index contributed by atoms with van der Waals surface area (Å²) in [5, 5.41) is 14.5. The second-order valence-electron chi connectivity index (χ2n) is 7.51. The second-order valence-corrected chi connectivity index (χ2v) is 7.51. The molecule has 0 aliphatic carbocycles. The maximum atomic E-state index is 12.6. The van der Waals surface area contributed by atoms with Crippen molar-refractivity contribution in [1.82, 2.24) is 25.2 Å². The zero-order valence-electron chi connectivity index (χ0n) is 17.9. The Morgan fingerprint density at radius 1 is 1.10 bits per heavy atom. The zero-order valence-corrected chi connectivity index (χ0v) is 17.9. The van der Waals surface area contributed by atoms with Gasteiger partial charge in [0.25, 0.3) is 0 Å². The van der Waals surface area contributed by atoms with Crippen LogP contribution in [0.2, 0.25) is 0 Å². The molecule has 0 aliphatic rings. The number of urea groups is 1. The van der Waals surface area contributed by atoms with Crippen molar-refractivity contribution in [3.05, 3.63) is 54.0 Å². The molecular weight excluding hydrogens is 382 g/mol. The lowest BCUT2D eigenvalue weighted by atomic mass is 10.0. The van der Waals surface area contributed by atoms with Crippen molar-refractivity contribution in [1.29, 1.82) is 0 Å². The molecular formula is C22H29N5O3. The number of aromatic nitrogens is 3. The van der Waals surface area contributed by atoms with Crippen molar-refractivity contribution >= 4 is 11.7 Å². The van der Waals surface area contributed by atoms with Crippen molar-refractivity contribution in [2.75, 3.05) is 20.8 Å². The van der Waals surface area contributed by atoms with E-state index >= 15 is 0 Å². The number of benzene rings is 1. The van der Waals surface area contributed by atoms with Gasteiger partial charge < -0.3 is 20.1 Å². The number of nitrogens with zero attached hydrogens (tertiary/aromatic N) is 3. The summed E-state index contributed by atoms with van der Waals surface area (Å²) >= 11 is 0. The number of amides is 2. The Kier molecular flexibility index (Phi) is 7.11. The number of carbonyl (C=O) groups is 1. The number of methoxy groups -OCH3 is 2. The van der Waals surface area contributed by atoms with Crippen LogP contribution in [0.1, 0.15) is 37.7 Å². The molecule has 1 unspecified atom stereocenters. The van der Waals surface area contributed by atoms with E-state index in [9.17, 15) is 4.79 Å². The number of nitrogens with one attached hydrogen (secondary N) is 2. The smallest absolute Gasteiger partial charge is 0.315 e. The van der Waals surface area contributed by atoms with Gasteiger partial charge in [-0.3, -0.25) is 4.40 Å². The molecule has 2 aromatic heterocycles. The first-order chi connectivity index (χ1) is 14.5. The van der Waals surface area contributed by atoms with Gasteiger partial charge in [-0.05, 0) is 48.6 Å². The molecule has 2 amide bonds. The summed E-state index contributed by atoms with van der Waals surface area (Å²) in [5.74, 6) is 2.48. The third-order valence-electron chi connectivity index (χ3n) is 4.81. The van der Waals surface area contributed by atoms with Crippen LogP contribution in [0.15, 0.2) is 42.6 Å². The standard InChI is InChI=1S/C22H29N5O3/c1-15(2)13-17(21-26-25-20-7-5-6-12-27(20)21)24-22(28)23-11-10-16-8-9-18(29-3)19(14-16)30-4/h5-9,12,14-15,17H,10-11,13H2,1-4H3,(H2,23,24,28). The van der Waals surface area contributed by atoms with E-state index in [0.717, 1.165) is 23.5 Å². The van der Waals surface area contributed by atoms with Crippen molar-refractivity contribution in [3.8, 4) is 11.5 Å². The zero-order chi connectivity index (χ0) is 21.5. The van der Waals surface area contributed by atoms with Gasteiger partial charge in [-0.1, -0.05) is 26.0 Å². The van der Waals surface area contributed by atoms with Crippen LogP contribution in [-0.2, 0) is 6.42 Å². The van der Waals surface area contributed by atoms with Crippen LogP contribution in [0, 0.1) is 5.92 Å². The molecule has 3 aromatic rings. The molecule has 0 fully saturated rings. The minimum atomic E-state index is -0.233. The molecule has 0 saturated carbocycles. The quantitative estimate of drug-likeness (QED) is 0.563. The maximum Gasteiger partial charge on any atom is 0.315 e. The SMILES string of the molecule is COc1ccc(CCNC(=O)NC(CC(C)C)c2nnc3ccccn23)cc1OC. The molecule has 0 bridgehead atoms. The highest BCUT2D eigenvalue weighted by molar-refractivity contribution is 5.74. The van der Waals surface area contributed by atoms with Crippen LogP contribution in [0.25, 0.3) is 5.65 Å². The molecule has 8 nitrogen and oxygen atoms in total. The molecule has 0 radical (unpaired) electrons. The van der Waals surface area contributed by atoms with E-state index in [4.69, 9.17) is 9.47 Å². The molecule has 1 aromatic carbocycles. The summed E-state index contributed by atoms with van der Waals surface area (Å²) in [6.45, 7) is 4.73. The van der Waals surface area contributed by atoms with Crippen LogP contribution in [-0.4, -0.2) is 41.4 Å². The number of fused-ring (bicyclic) bond motifs is 1. The largest absolute Gasteiger partial charge is 0.493 e. The fourth-order valence-corrected chi connectivity index (χ4v) is 3.36. The second kappa shape index (κ2) is 9.96. The minimum Gasteiger partial charge on any atom is -0.493 e. The minimum absolute atomic E-state index is 0.228. The Bertz CT molecular complexity index is 986. The van der Waals surface area contributed by atoms with E-state index in [2.05, 4.69) is 34.7 Å². The van der Waals surface area contributed by atoms with Crippen LogP contribution < -0.4 is 20.1 Å². The van der Waals surface area contributed by atoms with E-state index < -0.39 is 0 Å². The van der Waals surface area contributed by atoms with Gasteiger partial charge in [-0.2, -0.15) is 0 Å². The van der Waals surface area contributed by atoms with E-state index in [-0.39, 0.29) is 12.1 Å². The summed E-state index contributed by atoms with van der Waals surface area (Å²) in [6.07, 6.45) is 3.35. The lowest BCUT2D eigenvalue weighted by Gasteiger charge is -2.19. The van der Waals surface area contributed by atoms with Gasteiger partial charge in [0.05, 0.1) is 20.3 Å².